The molecule has 2 rings (SSSR count). The second kappa shape index (κ2) is 6.10. The van der Waals surface area contributed by atoms with Crippen molar-refractivity contribution in [3.63, 3.8) is 0 Å². The maximum atomic E-state index is 12.2. The average Bonchev–Trinajstić information content (AvgIpc) is 2.40. The summed E-state index contributed by atoms with van der Waals surface area (Å²) in [6, 6.07) is 14.8. The van der Waals surface area contributed by atoms with Crippen molar-refractivity contribution in [2.75, 3.05) is 5.43 Å². The number of halogens is 3. The Labute approximate surface area is 113 Å². The van der Waals surface area contributed by atoms with Crippen LogP contribution in [-0.2, 0) is 0 Å². The van der Waals surface area contributed by atoms with Crippen molar-refractivity contribution >= 4 is 11.9 Å². The molecular formula is C14H11F3N2O. The van der Waals surface area contributed by atoms with E-state index in [0.29, 0.717) is 0 Å². The van der Waals surface area contributed by atoms with Crippen LogP contribution < -0.4 is 10.2 Å². The second-order valence-electron chi connectivity index (χ2n) is 3.82. The Morgan fingerprint density at radius 1 is 0.950 bits per heavy atom. The second-order valence-corrected chi connectivity index (χ2v) is 3.82. The third kappa shape index (κ3) is 4.31. The van der Waals surface area contributed by atoms with Crippen LogP contribution in [0.2, 0.25) is 0 Å². The number of anilines is 1. The van der Waals surface area contributed by atoms with Crippen molar-refractivity contribution in [2.24, 2.45) is 5.10 Å². The van der Waals surface area contributed by atoms with Crippen LogP contribution in [0.25, 0.3) is 0 Å². The number of alkyl halides is 3. The van der Waals surface area contributed by atoms with Gasteiger partial charge in [0.25, 0.3) is 0 Å². The van der Waals surface area contributed by atoms with Crippen molar-refractivity contribution in [3.05, 3.63) is 60.2 Å². The molecule has 6 heteroatoms. The van der Waals surface area contributed by atoms with Crippen LogP contribution in [0.4, 0.5) is 18.9 Å². The molecule has 1 N–H and O–H groups in total. The number of hydrogen-bond acceptors (Lipinski definition) is 3. The van der Waals surface area contributed by atoms with Crippen molar-refractivity contribution in [1.29, 1.82) is 0 Å². The molecule has 0 aromatic heterocycles. The highest BCUT2D eigenvalue weighted by Gasteiger charge is 2.31. The van der Waals surface area contributed by atoms with Crippen LogP contribution in [0, 0.1) is 0 Å². The van der Waals surface area contributed by atoms with E-state index in [-0.39, 0.29) is 11.3 Å². The highest BCUT2D eigenvalue weighted by Crippen LogP contribution is 2.25. The van der Waals surface area contributed by atoms with E-state index in [0.717, 1.165) is 5.69 Å². The Morgan fingerprint density at radius 3 is 2.30 bits per heavy atom. The first-order chi connectivity index (χ1) is 9.54. The molecule has 20 heavy (non-hydrogen) atoms. The lowest BCUT2D eigenvalue weighted by Gasteiger charge is -2.10. The van der Waals surface area contributed by atoms with Gasteiger partial charge in [0.2, 0.25) is 0 Å². The highest BCUT2D eigenvalue weighted by atomic mass is 19.4. The fourth-order valence-corrected chi connectivity index (χ4v) is 1.49. The number of benzene rings is 2. The van der Waals surface area contributed by atoms with E-state index in [1.807, 2.05) is 18.2 Å². The number of nitrogens with one attached hydrogen (secondary N) is 1. The fraction of sp³-hybridized carbons (Fsp3) is 0.0714. The van der Waals surface area contributed by atoms with Gasteiger partial charge < -0.3 is 4.74 Å². The standard InChI is InChI=1S/C14H11F3N2O/c15-14(16,17)20-13-9-5-4-6-11(13)10-18-19-12-7-2-1-3-8-12/h1-10,19H. The van der Waals surface area contributed by atoms with Crippen LogP contribution >= 0.6 is 0 Å². The first-order valence-corrected chi connectivity index (χ1v) is 5.73. The van der Waals surface area contributed by atoms with Gasteiger partial charge in [-0.15, -0.1) is 13.2 Å². The Hall–Kier alpha value is -2.50. The molecule has 2 aromatic rings. The SMILES string of the molecule is FC(F)(F)Oc1ccccc1C=NNc1ccccc1. The monoisotopic (exact) mass is 280 g/mol. The molecule has 2 aromatic carbocycles. The summed E-state index contributed by atoms with van der Waals surface area (Å²) in [6.07, 6.45) is -3.45. The molecule has 0 aliphatic rings. The smallest absolute Gasteiger partial charge is 0.405 e. The Kier molecular flexibility index (Phi) is 4.24. The van der Waals surface area contributed by atoms with E-state index in [4.69, 9.17) is 0 Å². The zero-order chi connectivity index (χ0) is 14.4. The zero-order valence-electron chi connectivity index (χ0n) is 10.3. The predicted molar refractivity (Wildman–Crippen MR) is 70.8 cm³/mol. The summed E-state index contributed by atoms with van der Waals surface area (Å²) in [4.78, 5) is 0. The minimum absolute atomic E-state index is 0.230. The van der Waals surface area contributed by atoms with Gasteiger partial charge in [-0.25, -0.2) is 0 Å². The topological polar surface area (TPSA) is 33.6 Å². The maximum absolute atomic E-state index is 12.2. The quantitative estimate of drug-likeness (QED) is 0.677. The lowest BCUT2D eigenvalue weighted by atomic mass is 10.2. The Morgan fingerprint density at radius 2 is 1.60 bits per heavy atom. The Bertz CT molecular complexity index is 582. The minimum Gasteiger partial charge on any atom is -0.405 e. The van der Waals surface area contributed by atoms with E-state index in [1.54, 1.807) is 18.2 Å². The van der Waals surface area contributed by atoms with Gasteiger partial charge in [-0.3, -0.25) is 5.43 Å². The molecule has 0 heterocycles. The molecule has 0 bridgehead atoms. The van der Waals surface area contributed by atoms with Gasteiger partial charge in [0.1, 0.15) is 5.75 Å². The third-order valence-corrected chi connectivity index (χ3v) is 2.32. The van der Waals surface area contributed by atoms with Crippen molar-refractivity contribution in [2.45, 2.75) is 6.36 Å². The van der Waals surface area contributed by atoms with Crippen molar-refractivity contribution in [3.8, 4) is 5.75 Å². The van der Waals surface area contributed by atoms with Crippen molar-refractivity contribution in [1.82, 2.24) is 0 Å². The van der Waals surface area contributed by atoms with Crippen LogP contribution in [0.3, 0.4) is 0 Å². The van der Waals surface area contributed by atoms with Crippen LogP contribution in [0.15, 0.2) is 59.7 Å². The first kappa shape index (κ1) is 13.9. The average molecular weight is 280 g/mol. The van der Waals surface area contributed by atoms with Crippen molar-refractivity contribution < 1.29 is 17.9 Å². The normalized spacial score (nSPS) is 11.6. The van der Waals surface area contributed by atoms with E-state index in [2.05, 4.69) is 15.3 Å². The molecule has 0 aliphatic carbocycles. The molecule has 0 radical (unpaired) electrons. The molecule has 0 unspecified atom stereocenters. The number of hydrogen-bond donors (Lipinski definition) is 1. The molecule has 0 atom stereocenters. The molecule has 0 fully saturated rings. The summed E-state index contributed by atoms with van der Waals surface area (Å²) in [5.74, 6) is -0.293. The van der Waals surface area contributed by atoms with Crippen LogP contribution in [0.1, 0.15) is 5.56 Å². The number of rotatable bonds is 4. The predicted octanol–water partition coefficient (Wildman–Crippen LogP) is 4.03. The first-order valence-electron chi connectivity index (χ1n) is 5.73. The Balaban J connectivity index is 2.09. The number of ether oxygens (including phenoxy) is 1. The maximum Gasteiger partial charge on any atom is 0.573 e. The molecule has 0 spiro atoms. The summed E-state index contributed by atoms with van der Waals surface area (Å²) in [5.41, 5.74) is 3.68. The largest absolute Gasteiger partial charge is 0.573 e. The molecule has 0 amide bonds. The number of hydrazone groups is 1. The molecule has 3 nitrogen and oxygen atoms in total. The van der Waals surface area contributed by atoms with Crippen LogP contribution in [-0.4, -0.2) is 12.6 Å². The van der Waals surface area contributed by atoms with Gasteiger partial charge in [0, 0.05) is 5.56 Å². The summed E-state index contributed by atoms with van der Waals surface area (Å²) < 4.78 is 40.6. The molecule has 0 aliphatic heterocycles. The fourth-order valence-electron chi connectivity index (χ4n) is 1.49. The van der Waals surface area contributed by atoms with E-state index in [1.165, 1.54) is 24.4 Å². The van der Waals surface area contributed by atoms with Gasteiger partial charge in [0.15, 0.2) is 0 Å². The lowest BCUT2D eigenvalue weighted by molar-refractivity contribution is -0.274. The lowest BCUT2D eigenvalue weighted by Crippen LogP contribution is -2.18. The van der Waals surface area contributed by atoms with Gasteiger partial charge in [0.05, 0.1) is 11.9 Å². The zero-order valence-corrected chi connectivity index (χ0v) is 10.3. The number of para-hydroxylation sites is 2. The van der Waals surface area contributed by atoms with Gasteiger partial charge in [-0.2, -0.15) is 5.10 Å². The van der Waals surface area contributed by atoms with E-state index < -0.39 is 6.36 Å². The summed E-state index contributed by atoms with van der Waals surface area (Å²) >= 11 is 0. The highest BCUT2D eigenvalue weighted by molar-refractivity contribution is 5.84. The molecular weight excluding hydrogens is 269 g/mol. The minimum atomic E-state index is -4.73. The third-order valence-electron chi connectivity index (χ3n) is 2.32. The van der Waals surface area contributed by atoms with Gasteiger partial charge in [-0.05, 0) is 24.3 Å². The summed E-state index contributed by atoms with van der Waals surface area (Å²) in [5, 5.41) is 3.88. The van der Waals surface area contributed by atoms with Gasteiger partial charge in [-0.1, -0.05) is 30.3 Å². The summed E-state index contributed by atoms with van der Waals surface area (Å²) in [7, 11) is 0. The van der Waals surface area contributed by atoms with Crippen LogP contribution in [0.5, 0.6) is 5.75 Å². The molecule has 104 valence electrons. The summed E-state index contributed by atoms with van der Waals surface area (Å²) in [6.45, 7) is 0. The van der Waals surface area contributed by atoms with E-state index in [9.17, 15) is 13.2 Å². The number of nitrogens with zero attached hydrogens (tertiary/aromatic N) is 1. The molecule has 0 saturated heterocycles. The molecule has 0 saturated carbocycles. The van der Waals surface area contributed by atoms with Gasteiger partial charge >= 0.3 is 6.36 Å². The van der Waals surface area contributed by atoms with E-state index >= 15 is 0 Å².